The van der Waals surface area contributed by atoms with Crippen LogP contribution >= 0.6 is 0 Å². The molecule has 1 saturated carbocycles. The van der Waals surface area contributed by atoms with Gasteiger partial charge in [-0.25, -0.2) is 0 Å². The Morgan fingerprint density at radius 1 is 1.36 bits per heavy atom. The highest BCUT2D eigenvalue weighted by atomic mass is 19.4. The predicted octanol–water partition coefficient (Wildman–Crippen LogP) is 3.56. The Bertz CT molecular complexity index is 893. The fraction of sp³-hybridized carbons (Fsp3) is 0.750. The van der Waals surface area contributed by atoms with E-state index in [1.165, 1.54) is 0 Å². The summed E-state index contributed by atoms with van der Waals surface area (Å²) < 4.78 is 50.8. The van der Waals surface area contributed by atoms with Crippen molar-refractivity contribution in [3.63, 3.8) is 0 Å². The normalized spacial score (nSPS) is 32.8. The molecule has 4 rings (SSSR count). The standard InChI is InChI=1S/C24H34F3N3O3/c1-15(2)22(6-4-17(11-22)23(28)7-9-33-14-20(23)32-3)21(31)30-8-5-19-16(13-30)10-18(12-29-19)24(25,26)27/h10,12,15,17,20H,4-9,11,13-14,28H2,1-3H3/t17-,20-,22+,23+/m1/s1. The number of nitrogens with two attached hydrogens (primary N) is 1. The Morgan fingerprint density at radius 3 is 2.79 bits per heavy atom. The average molecular weight is 470 g/mol. The fourth-order valence-corrected chi connectivity index (χ4v) is 6.08. The van der Waals surface area contributed by atoms with Crippen LogP contribution in [0.15, 0.2) is 12.3 Å². The number of nitrogens with zero attached hydrogens (tertiary/aromatic N) is 2. The van der Waals surface area contributed by atoms with Crippen molar-refractivity contribution in [1.82, 2.24) is 9.88 Å². The van der Waals surface area contributed by atoms with Crippen molar-refractivity contribution in [3.8, 4) is 0 Å². The van der Waals surface area contributed by atoms with Gasteiger partial charge in [-0.1, -0.05) is 13.8 Å². The first-order valence-electron chi connectivity index (χ1n) is 11.7. The number of methoxy groups -OCH3 is 1. The molecule has 4 atom stereocenters. The van der Waals surface area contributed by atoms with Crippen LogP contribution in [0.4, 0.5) is 13.2 Å². The maximum absolute atomic E-state index is 13.9. The lowest BCUT2D eigenvalue weighted by Gasteiger charge is -2.45. The Hall–Kier alpha value is -1.71. The zero-order valence-electron chi connectivity index (χ0n) is 19.6. The number of fused-ring (bicyclic) bond motifs is 1. The number of ether oxygens (including phenoxy) is 2. The minimum absolute atomic E-state index is 0.0210. The van der Waals surface area contributed by atoms with E-state index in [9.17, 15) is 18.0 Å². The molecule has 9 heteroatoms. The predicted molar refractivity (Wildman–Crippen MR) is 116 cm³/mol. The number of carbonyl (C=O) groups excluding carboxylic acids is 1. The van der Waals surface area contributed by atoms with Crippen LogP contribution in [-0.4, -0.2) is 54.3 Å². The zero-order valence-corrected chi connectivity index (χ0v) is 19.6. The van der Waals surface area contributed by atoms with Crippen molar-refractivity contribution < 1.29 is 27.4 Å². The van der Waals surface area contributed by atoms with Gasteiger partial charge in [0.25, 0.3) is 0 Å². The van der Waals surface area contributed by atoms with E-state index in [0.717, 1.165) is 18.7 Å². The molecule has 0 bridgehead atoms. The maximum atomic E-state index is 13.9. The van der Waals surface area contributed by atoms with Crippen LogP contribution in [0.1, 0.15) is 56.4 Å². The molecule has 33 heavy (non-hydrogen) atoms. The van der Waals surface area contributed by atoms with Gasteiger partial charge in [0, 0.05) is 50.7 Å². The summed E-state index contributed by atoms with van der Waals surface area (Å²) in [6, 6.07) is 1.14. The first kappa shape index (κ1) is 24.4. The molecule has 2 N–H and O–H groups in total. The van der Waals surface area contributed by atoms with Crippen LogP contribution in [0.3, 0.4) is 0 Å². The number of carbonyl (C=O) groups is 1. The third-order valence-electron chi connectivity index (χ3n) is 8.33. The lowest BCUT2D eigenvalue weighted by Crippen LogP contribution is -2.61. The van der Waals surface area contributed by atoms with E-state index in [4.69, 9.17) is 15.2 Å². The minimum Gasteiger partial charge on any atom is -0.379 e. The summed E-state index contributed by atoms with van der Waals surface area (Å²) in [6.07, 6.45) is -0.453. The molecule has 2 aliphatic heterocycles. The molecule has 1 aromatic heterocycles. The molecule has 1 amide bonds. The highest BCUT2D eigenvalue weighted by molar-refractivity contribution is 5.83. The third-order valence-corrected chi connectivity index (χ3v) is 8.33. The maximum Gasteiger partial charge on any atom is 0.417 e. The van der Waals surface area contributed by atoms with Crippen LogP contribution < -0.4 is 5.73 Å². The van der Waals surface area contributed by atoms with Crippen molar-refractivity contribution in [2.24, 2.45) is 23.0 Å². The summed E-state index contributed by atoms with van der Waals surface area (Å²) in [5, 5.41) is 0. The second-order valence-corrected chi connectivity index (χ2v) is 10.2. The number of pyridine rings is 1. The smallest absolute Gasteiger partial charge is 0.379 e. The van der Waals surface area contributed by atoms with Crippen molar-refractivity contribution in [3.05, 3.63) is 29.1 Å². The Labute approximate surface area is 193 Å². The summed E-state index contributed by atoms with van der Waals surface area (Å²) in [7, 11) is 1.64. The Kier molecular flexibility index (Phi) is 6.52. The topological polar surface area (TPSA) is 77.7 Å². The molecule has 0 spiro atoms. The van der Waals surface area contributed by atoms with E-state index < -0.39 is 22.7 Å². The molecule has 6 nitrogen and oxygen atoms in total. The van der Waals surface area contributed by atoms with Gasteiger partial charge in [0.05, 0.1) is 23.7 Å². The summed E-state index contributed by atoms with van der Waals surface area (Å²) in [4.78, 5) is 19.7. The van der Waals surface area contributed by atoms with E-state index in [2.05, 4.69) is 18.8 Å². The van der Waals surface area contributed by atoms with Crippen LogP contribution in [0.2, 0.25) is 0 Å². The molecular formula is C24H34F3N3O3. The lowest BCUT2D eigenvalue weighted by atomic mass is 9.69. The van der Waals surface area contributed by atoms with E-state index in [1.807, 2.05) is 0 Å². The molecular weight excluding hydrogens is 435 g/mol. The zero-order chi connectivity index (χ0) is 24.0. The molecule has 2 fully saturated rings. The Morgan fingerprint density at radius 2 is 2.12 bits per heavy atom. The number of halogens is 3. The number of hydrogen-bond donors (Lipinski definition) is 1. The largest absolute Gasteiger partial charge is 0.417 e. The van der Waals surface area contributed by atoms with E-state index >= 15 is 0 Å². The summed E-state index contributed by atoms with van der Waals surface area (Å²) in [6.45, 7) is 5.76. The van der Waals surface area contributed by atoms with Crippen LogP contribution in [0, 0.1) is 17.3 Å². The number of alkyl halides is 3. The number of amides is 1. The summed E-state index contributed by atoms with van der Waals surface area (Å²) >= 11 is 0. The SMILES string of the molecule is CO[C@@H]1COCC[C@]1(N)[C@@H]1CC[C@@](C(=O)N2CCc3ncc(C(F)(F)F)cc3C2)(C(C)C)C1. The number of hydrogen-bond acceptors (Lipinski definition) is 5. The summed E-state index contributed by atoms with van der Waals surface area (Å²) in [5.74, 6) is 0.224. The van der Waals surface area contributed by atoms with Gasteiger partial charge in [0.15, 0.2) is 0 Å². The van der Waals surface area contributed by atoms with Gasteiger partial charge in [-0.05, 0) is 49.1 Å². The van der Waals surface area contributed by atoms with Crippen molar-refractivity contribution >= 4 is 5.91 Å². The quantitative estimate of drug-likeness (QED) is 0.730. The summed E-state index contributed by atoms with van der Waals surface area (Å²) in [5.41, 5.74) is 6.11. The lowest BCUT2D eigenvalue weighted by molar-refractivity contribution is -0.146. The second kappa shape index (κ2) is 8.82. The van der Waals surface area contributed by atoms with Gasteiger partial charge in [-0.3, -0.25) is 9.78 Å². The first-order chi connectivity index (χ1) is 15.5. The number of aromatic nitrogens is 1. The molecule has 0 radical (unpaired) electrons. The highest BCUT2D eigenvalue weighted by Gasteiger charge is 2.56. The van der Waals surface area contributed by atoms with Crippen molar-refractivity contribution in [2.75, 3.05) is 26.9 Å². The average Bonchev–Trinajstić information content (AvgIpc) is 3.25. The van der Waals surface area contributed by atoms with Gasteiger partial charge in [0.1, 0.15) is 0 Å². The van der Waals surface area contributed by atoms with Crippen molar-refractivity contribution in [1.29, 1.82) is 0 Å². The van der Waals surface area contributed by atoms with E-state index in [0.29, 0.717) is 56.7 Å². The molecule has 1 aromatic rings. The Balaban J connectivity index is 1.56. The van der Waals surface area contributed by atoms with Gasteiger partial charge in [-0.15, -0.1) is 0 Å². The highest BCUT2D eigenvalue weighted by Crippen LogP contribution is 2.53. The van der Waals surface area contributed by atoms with Gasteiger partial charge in [-0.2, -0.15) is 13.2 Å². The van der Waals surface area contributed by atoms with E-state index in [1.54, 1.807) is 12.0 Å². The van der Waals surface area contributed by atoms with Crippen LogP contribution in [0.5, 0.6) is 0 Å². The van der Waals surface area contributed by atoms with Crippen LogP contribution in [-0.2, 0) is 33.4 Å². The molecule has 1 aliphatic carbocycles. The monoisotopic (exact) mass is 469 g/mol. The molecule has 184 valence electrons. The van der Waals surface area contributed by atoms with Crippen molar-refractivity contribution in [2.45, 2.75) is 70.3 Å². The van der Waals surface area contributed by atoms with Gasteiger partial charge in [0.2, 0.25) is 5.91 Å². The molecule has 0 unspecified atom stereocenters. The fourth-order valence-electron chi connectivity index (χ4n) is 6.08. The third kappa shape index (κ3) is 4.28. The first-order valence-corrected chi connectivity index (χ1v) is 11.7. The van der Waals surface area contributed by atoms with Gasteiger partial charge >= 0.3 is 6.18 Å². The van der Waals surface area contributed by atoms with Gasteiger partial charge < -0.3 is 20.1 Å². The second-order valence-electron chi connectivity index (χ2n) is 10.2. The molecule has 3 heterocycles. The minimum atomic E-state index is -4.46. The number of rotatable bonds is 4. The molecule has 0 aromatic carbocycles. The molecule has 3 aliphatic rings. The van der Waals surface area contributed by atoms with E-state index in [-0.39, 0.29) is 30.4 Å². The van der Waals surface area contributed by atoms with Crippen LogP contribution in [0.25, 0.3) is 0 Å². The molecule has 1 saturated heterocycles.